The molecule has 8 heteroatoms. The summed E-state index contributed by atoms with van der Waals surface area (Å²) in [4.78, 5) is 7.21. The normalized spacial score (nSPS) is 16.9. The molecule has 0 unspecified atom stereocenters. The third-order valence-corrected chi connectivity index (χ3v) is 3.53. The summed E-state index contributed by atoms with van der Waals surface area (Å²) in [6.45, 7) is 2.72. The molecule has 20 heavy (non-hydrogen) atoms. The van der Waals surface area contributed by atoms with Crippen molar-refractivity contribution in [3.63, 3.8) is 0 Å². The summed E-state index contributed by atoms with van der Waals surface area (Å²) in [5.74, 6) is 5.00. The number of hydrogen-bond donors (Lipinski definition) is 3. The number of rotatable bonds is 6. The number of nitrogens with one attached hydrogen (secondary N) is 2. The molecule has 5 nitrogen and oxygen atoms in total. The second kappa shape index (κ2) is 5.43. The van der Waals surface area contributed by atoms with Gasteiger partial charge in [0.1, 0.15) is 5.82 Å². The molecule has 0 saturated heterocycles. The van der Waals surface area contributed by atoms with Gasteiger partial charge in [0.25, 0.3) is 0 Å². The van der Waals surface area contributed by atoms with Gasteiger partial charge in [-0.1, -0.05) is 13.3 Å². The topological polar surface area (TPSA) is 75.9 Å². The van der Waals surface area contributed by atoms with Crippen molar-refractivity contribution in [2.24, 2.45) is 11.3 Å². The second-order valence-electron chi connectivity index (χ2n) is 5.21. The summed E-state index contributed by atoms with van der Waals surface area (Å²) in [5.41, 5.74) is 1.26. The summed E-state index contributed by atoms with van der Waals surface area (Å²) < 4.78 is 38.1. The first kappa shape index (κ1) is 14.8. The monoisotopic (exact) mass is 289 g/mol. The molecule has 1 heterocycles. The second-order valence-corrected chi connectivity index (χ2v) is 5.21. The fraction of sp³-hybridized carbons (Fsp3) is 0.667. The Bertz CT molecular complexity index is 471. The minimum absolute atomic E-state index is 0.141. The number of halogens is 3. The highest BCUT2D eigenvalue weighted by Crippen LogP contribution is 2.49. The average molecular weight is 289 g/mol. The van der Waals surface area contributed by atoms with Crippen molar-refractivity contribution in [3.8, 4) is 0 Å². The lowest BCUT2D eigenvalue weighted by molar-refractivity contribution is -0.141. The third-order valence-electron chi connectivity index (χ3n) is 3.53. The van der Waals surface area contributed by atoms with Crippen molar-refractivity contribution in [1.29, 1.82) is 0 Å². The minimum Gasteiger partial charge on any atom is -0.369 e. The van der Waals surface area contributed by atoms with Crippen LogP contribution < -0.4 is 16.6 Å². The number of nitrogens with two attached hydrogens (primary N) is 1. The van der Waals surface area contributed by atoms with Gasteiger partial charge in [-0.05, 0) is 24.7 Å². The van der Waals surface area contributed by atoms with E-state index >= 15 is 0 Å². The zero-order valence-corrected chi connectivity index (χ0v) is 11.2. The molecule has 0 aliphatic heterocycles. The van der Waals surface area contributed by atoms with Crippen molar-refractivity contribution < 1.29 is 13.2 Å². The molecule has 1 aliphatic carbocycles. The highest BCUT2D eigenvalue weighted by Gasteiger charge is 2.41. The molecule has 1 aromatic heterocycles. The van der Waals surface area contributed by atoms with Crippen LogP contribution >= 0.6 is 0 Å². The van der Waals surface area contributed by atoms with Crippen LogP contribution in [0.1, 0.15) is 38.3 Å². The quantitative estimate of drug-likeness (QED) is 0.554. The summed E-state index contributed by atoms with van der Waals surface area (Å²) >= 11 is 0. The highest BCUT2D eigenvalue weighted by molar-refractivity contribution is 5.43. The van der Waals surface area contributed by atoms with E-state index in [1.54, 1.807) is 0 Å². The molecule has 0 spiro atoms. The molecule has 2 rings (SSSR count). The van der Waals surface area contributed by atoms with E-state index in [2.05, 4.69) is 27.6 Å². The standard InChI is InChI=1S/C12H18F3N5/c1-2-3-11(4-5-11)7-17-9-6-8(12(13,14)15)18-10(19-9)20-16/h6H,2-5,7,16H2,1H3,(H2,17,18,19,20). The van der Waals surface area contributed by atoms with Crippen LogP contribution in [0.2, 0.25) is 0 Å². The van der Waals surface area contributed by atoms with Gasteiger partial charge in [0, 0.05) is 12.6 Å². The smallest absolute Gasteiger partial charge is 0.369 e. The maximum Gasteiger partial charge on any atom is 0.433 e. The molecule has 112 valence electrons. The largest absolute Gasteiger partial charge is 0.433 e. The zero-order chi connectivity index (χ0) is 14.8. The first-order valence-corrected chi connectivity index (χ1v) is 6.55. The Labute approximate surface area is 115 Å². The number of aromatic nitrogens is 2. The predicted octanol–water partition coefficient (Wildman–Crippen LogP) is 2.77. The molecule has 4 N–H and O–H groups in total. The Morgan fingerprint density at radius 2 is 2.05 bits per heavy atom. The van der Waals surface area contributed by atoms with Crippen LogP contribution in [-0.2, 0) is 6.18 Å². The van der Waals surface area contributed by atoms with Crippen molar-refractivity contribution in [2.75, 3.05) is 17.3 Å². The van der Waals surface area contributed by atoms with E-state index in [0.717, 1.165) is 31.7 Å². The lowest BCUT2D eigenvalue weighted by Gasteiger charge is -2.16. The number of alkyl halides is 3. The Balaban J connectivity index is 2.11. The highest BCUT2D eigenvalue weighted by atomic mass is 19.4. The van der Waals surface area contributed by atoms with E-state index in [1.807, 2.05) is 0 Å². The van der Waals surface area contributed by atoms with Crippen LogP contribution in [0, 0.1) is 5.41 Å². The van der Waals surface area contributed by atoms with Crippen LogP contribution in [-0.4, -0.2) is 16.5 Å². The molecule has 0 bridgehead atoms. The number of hydrazine groups is 1. The summed E-state index contributed by atoms with van der Waals surface area (Å²) in [5, 5.41) is 2.97. The van der Waals surface area contributed by atoms with E-state index < -0.39 is 11.9 Å². The zero-order valence-electron chi connectivity index (χ0n) is 11.2. The maximum atomic E-state index is 12.7. The van der Waals surface area contributed by atoms with Gasteiger partial charge in [-0.2, -0.15) is 18.2 Å². The van der Waals surface area contributed by atoms with Crippen LogP contribution in [0.3, 0.4) is 0 Å². The van der Waals surface area contributed by atoms with E-state index in [4.69, 9.17) is 5.84 Å². The van der Waals surface area contributed by atoms with Gasteiger partial charge in [-0.25, -0.2) is 10.8 Å². The maximum absolute atomic E-state index is 12.7. The van der Waals surface area contributed by atoms with Gasteiger partial charge in [0.15, 0.2) is 5.69 Å². The van der Waals surface area contributed by atoms with Crippen LogP contribution in [0.4, 0.5) is 24.9 Å². The summed E-state index contributed by atoms with van der Waals surface area (Å²) in [6, 6.07) is 0.906. The van der Waals surface area contributed by atoms with Crippen molar-refractivity contribution >= 4 is 11.8 Å². The van der Waals surface area contributed by atoms with Crippen molar-refractivity contribution in [3.05, 3.63) is 11.8 Å². The molecule has 0 aromatic carbocycles. The molecule has 0 amide bonds. The van der Waals surface area contributed by atoms with E-state index in [-0.39, 0.29) is 17.2 Å². The lowest BCUT2D eigenvalue weighted by Crippen LogP contribution is -2.19. The fourth-order valence-corrected chi connectivity index (χ4v) is 2.25. The summed E-state index contributed by atoms with van der Waals surface area (Å²) in [7, 11) is 0. The number of nitrogens with zero attached hydrogens (tertiary/aromatic N) is 2. The van der Waals surface area contributed by atoms with Gasteiger partial charge in [0.05, 0.1) is 0 Å². The SMILES string of the molecule is CCCC1(CNc2cc(C(F)(F)F)nc(NN)n2)CC1. The number of hydrogen-bond acceptors (Lipinski definition) is 5. The molecule has 1 aromatic rings. The Morgan fingerprint density at radius 3 is 2.55 bits per heavy atom. The molecule has 1 aliphatic rings. The fourth-order valence-electron chi connectivity index (χ4n) is 2.25. The Hall–Kier alpha value is -1.57. The van der Waals surface area contributed by atoms with Crippen LogP contribution in [0.25, 0.3) is 0 Å². The summed E-state index contributed by atoms with van der Waals surface area (Å²) in [6.07, 6.45) is -0.181. The van der Waals surface area contributed by atoms with Gasteiger partial charge in [-0.15, -0.1) is 0 Å². The van der Waals surface area contributed by atoms with Crippen molar-refractivity contribution in [1.82, 2.24) is 9.97 Å². The number of nitrogen functional groups attached to an aromatic ring is 1. The first-order chi connectivity index (χ1) is 9.38. The molecule has 1 saturated carbocycles. The average Bonchev–Trinajstić information content (AvgIpc) is 3.16. The minimum atomic E-state index is -4.52. The van der Waals surface area contributed by atoms with Crippen molar-refractivity contribution in [2.45, 2.75) is 38.8 Å². The van der Waals surface area contributed by atoms with Gasteiger partial charge in [-0.3, -0.25) is 5.43 Å². The van der Waals surface area contributed by atoms with Gasteiger partial charge < -0.3 is 5.32 Å². The molecular formula is C12H18F3N5. The van der Waals surface area contributed by atoms with Crippen LogP contribution in [0.15, 0.2) is 6.07 Å². The lowest BCUT2D eigenvalue weighted by atomic mass is 10.0. The van der Waals surface area contributed by atoms with Gasteiger partial charge >= 0.3 is 6.18 Å². The predicted molar refractivity (Wildman–Crippen MR) is 69.9 cm³/mol. The molecule has 0 radical (unpaired) electrons. The molecule has 1 fully saturated rings. The molecular weight excluding hydrogens is 271 g/mol. The van der Waals surface area contributed by atoms with E-state index in [9.17, 15) is 13.2 Å². The number of anilines is 2. The Morgan fingerprint density at radius 1 is 1.35 bits per heavy atom. The Kier molecular flexibility index (Phi) is 4.03. The first-order valence-electron chi connectivity index (χ1n) is 6.55. The van der Waals surface area contributed by atoms with E-state index in [1.165, 1.54) is 0 Å². The third kappa shape index (κ3) is 3.50. The van der Waals surface area contributed by atoms with Crippen LogP contribution in [0.5, 0.6) is 0 Å². The van der Waals surface area contributed by atoms with E-state index in [0.29, 0.717) is 6.54 Å². The molecule has 0 atom stereocenters. The van der Waals surface area contributed by atoms with Gasteiger partial charge in [0.2, 0.25) is 5.95 Å².